The highest BCUT2D eigenvalue weighted by Gasteiger charge is 2.41. The second-order valence-electron chi connectivity index (χ2n) is 8.72. The van der Waals surface area contributed by atoms with E-state index in [4.69, 9.17) is 17.0 Å². The van der Waals surface area contributed by atoms with Crippen molar-refractivity contribution in [3.05, 3.63) is 113 Å². The summed E-state index contributed by atoms with van der Waals surface area (Å²) < 4.78 is 22.1. The van der Waals surface area contributed by atoms with E-state index in [9.17, 15) is 4.39 Å². The number of para-hydroxylation sites is 1. The van der Waals surface area contributed by atoms with Gasteiger partial charge >= 0.3 is 0 Å². The standard InChI is InChI=1S/C28H27FN4OS/c1-18-16-22(19(2)33(18)25-10-5-4-8-23(25)29)27-26(24-9-6-7-15-30-24)31-28(35)32(27)17-20-11-13-21(34-3)14-12-20/h4-16,26-27H,17H2,1-3H3,(H,31,35)/t26-,27-/m1/s1. The summed E-state index contributed by atoms with van der Waals surface area (Å²) in [6, 6.07) is 22.7. The van der Waals surface area contributed by atoms with Crippen LogP contribution in [0.25, 0.3) is 5.69 Å². The van der Waals surface area contributed by atoms with Gasteiger partial charge in [0.2, 0.25) is 0 Å². The number of benzene rings is 2. The fraction of sp³-hybridized carbons (Fsp3) is 0.214. The number of pyridine rings is 1. The first-order valence-corrected chi connectivity index (χ1v) is 11.9. The van der Waals surface area contributed by atoms with Crippen molar-refractivity contribution in [2.45, 2.75) is 32.5 Å². The van der Waals surface area contributed by atoms with Crippen LogP contribution in [0.3, 0.4) is 0 Å². The Labute approximate surface area is 210 Å². The SMILES string of the molecule is COc1ccc(CN2C(=S)N[C@H](c3ccccn3)[C@H]2c2cc(C)n(-c3ccccc3F)c2C)cc1. The Balaban J connectivity index is 1.60. The Bertz CT molecular complexity index is 1350. The Kier molecular flexibility index (Phi) is 6.26. The van der Waals surface area contributed by atoms with Crippen LogP contribution >= 0.6 is 12.2 Å². The summed E-state index contributed by atoms with van der Waals surface area (Å²) in [5.74, 6) is 0.560. The third-order valence-electron chi connectivity index (χ3n) is 6.59. The van der Waals surface area contributed by atoms with E-state index >= 15 is 0 Å². The van der Waals surface area contributed by atoms with Gasteiger partial charge < -0.3 is 19.5 Å². The summed E-state index contributed by atoms with van der Waals surface area (Å²) in [7, 11) is 1.66. The highest BCUT2D eigenvalue weighted by molar-refractivity contribution is 7.80. The average Bonchev–Trinajstić information content (AvgIpc) is 3.35. The molecule has 1 saturated heterocycles. The van der Waals surface area contributed by atoms with Crippen LogP contribution in [0.15, 0.2) is 79.0 Å². The molecule has 0 radical (unpaired) electrons. The van der Waals surface area contributed by atoms with Gasteiger partial charge in [-0.1, -0.05) is 30.3 Å². The van der Waals surface area contributed by atoms with Crippen molar-refractivity contribution in [3.63, 3.8) is 0 Å². The molecule has 2 aromatic carbocycles. The van der Waals surface area contributed by atoms with E-state index in [-0.39, 0.29) is 17.9 Å². The molecule has 1 fully saturated rings. The fourth-order valence-corrected chi connectivity index (χ4v) is 5.24. The van der Waals surface area contributed by atoms with Gasteiger partial charge in [-0.2, -0.15) is 0 Å². The third kappa shape index (κ3) is 4.28. The van der Waals surface area contributed by atoms with Crippen LogP contribution in [-0.4, -0.2) is 26.7 Å². The number of ether oxygens (including phenoxy) is 1. The van der Waals surface area contributed by atoms with Crippen LogP contribution in [0, 0.1) is 19.7 Å². The van der Waals surface area contributed by atoms with Crippen LogP contribution in [0.4, 0.5) is 4.39 Å². The molecule has 0 saturated carbocycles. The molecule has 0 spiro atoms. The van der Waals surface area contributed by atoms with Crippen molar-refractivity contribution in [1.82, 2.24) is 19.8 Å². The summed E-state index contributed by atoms with van der Waals surface area (Å²) in [6.45, 7) is 4.66. The zero-order valence-corrected chi connectivity index (χ0v) is 20.7. The third-order valence-corrected chi connectivity index (χ3v) is 6.94. The van der Waals surface area contributed by atoms with Crippen molar-refractivity contribution in [2.75, 3.05) is 7.11 Å². The first-order valence-electron chi connectivity index (χ1n) is 11.5. The molecule has 0 aliphatic carbocycles. The van der Waals surface area contributed by atoms with Crippen LogP contribution in [0.1, 0.15) is 40.3 Å². The van der Waals surface area contributed by atoms with Crippen molar-refractivity contribution >= 4 is 17.3 Å². The van der Waals surface area contributed by atoms with E-state index < -0.39 is 0 Å². The van der Waals surface area contributed by atoms with E-state index in [0.717, 1.165) is 34.0 Å². The maximum absolute atomic E-state index is 14.8. The lowest BCUT2D eigenvalue weighted by atomic mass is 9.96. The van der Waals surface area contributed by atoms with E-state index in [1.54, 1.807) is 19.4 Å². The highest BCUT2D eigenvalue weighted by atomic mass is 32.1. The minimum atomic E-state index is -0.253. The number of aromatic nitrogens is 2. The maximum atomic E-state index is 14.8. The molecule has 4 aromatic rings. The van der Waals surface area contributed by atoms with Gasteiger partial charge in [-0.25, -0.2) is 4.39 Å². The fourth-order valence-electron chi connectivity index (χ4n) is 4.93. The van der Waals surface area contributed by atoms with Gasteiger partial charge in [-0.05, 0) is 79.7 Å². The van der Waals surface area contributed by atoms with Crippen molar-refractivity contribution in [1.29, 1.82) is 0 Å². The minimum absolute atomic E-state index is 0.119. The quantitative estimate of drug-likeness (QED) is 0.349. The molecule has 1 N–H and O–H groups in total. The first kappa shape index (κ1) is 23.1. The maximum Gasteiger partial charge on any atom is 0.170 e. The predicted molar refractivity (Wildman–Crippen MR) is 139 cm³/mol. The van der Waals surface area contributed by atoms with Gasteiger partial charge in [0.15, 0.2) is 5.11 Å². The van der Waals surface area contributed by atoms with Gasteiger partial charge in [0.25, 0.3) is 0 Å². The van der Waals surface area contributed by atoms with Crippen molar-refractivity contribution < 1.29 is 9.13 Å². The number of hydrogen-bond donors (Lipinski definition) is 1. The summed E-state index contributed by atoms with van der Waals surface area (Å²) in [5, 5.41) is 4.17. The summed E-state index contributed by atoms with van der Waals surface area (Å²) in [6.07, 6.45) is 1.80. The molecule has 178 valence electrons. The molecule has 3 heterocycles. The smallest absolute Gasteiger partial charge is 0.170 e. The number of halogens is 1. The predicted octanol–water partition coefficient (Wildman–Crippen LogP) is 5.81. The zero-order chi connectivity index (χ0) is 24.5. The van der Waals surface area contributed by atoms with Crippen LogP contribution in [0.2, 0.25) is 0 Å². The molecule has 5 nitrogen and oxygen atoms in total. The number of thiocarbonyl (C=S) groups is 1. The number of nitrogens with zero attached hydrogens (tertiary/aromatic N) is 3. The van der Waals surface area contributed by atoms with Crippen LogP contribution < -0.4 is 10.1 Å². The van der Waals surface area contributed by atoms with Gasteiger partial charge in [-0.3, -0.25) is 4.98 Å². The van der Waals surface area contributed by atoms with Crippen LogP contribution in [0.5, 0.6) is 5.75 Å². The molecular weight excluding hydrogens is 459 g/mol. The topological polar surface area (TPSA) is 42.3 Å². The summed E-state index contributed by atoms with van der Waals surface area (Å²) >= 11 is 5.84. The van der Waals surface area contributed by atoms with E-state index in [0.29, 0.717) is 17.3 Å². The zero-order valence-electron chi connectivity index (χ0n) is 19.9. The largest absolute Gasteiger partial charge is 0.497 e. The lowest BCUT2D eigenvalue weighted by Crippen LogP contribution is -2.29. The van der Waals surface area contributed by atoms with Crippen molar-refractivity contribution in [3.8, 4) is 11.4 Å². The Morgan fingerprint density at radius 3 is 2.46 bits per heavy atom. The Hall–Kier alpha value is -3.71. The number of nitrogens with one attached hydrogen (secondary N) is 1. The molecule has 5 rings (SSSR count). The lowest BCUT2D eigenvalue weighted by Gasteiger charge is -2.28. The molecular formula is C28H27FN4OS. The van der Waals surface area contributed by atoms with Crippen molar-refractivity contribution in [2.24, 2.45) is 0 Å². The molecule has 0 amide bonds. The Morgan fingerprint density at radius 2 is 1.77 bits per heavy atom. The number of hydrogen-bond acceptors (Lipinski definition) is 3. The highest BCUT2D eigenvalue weighted by Crippen LogP contribution is 2.42. The first-order chi connectivity index (χ1) is 17.0. The van der Waals surface area contributed by atoms with Gasteiger partial charge in [0.05, 0.1) is 30.6 Å². The second kappa shape index (κ2) is 9.50. The molecule has 1 aliphatic rings. The normalized spacial score (nSPS) is 17.5. The molecule has 2 atom stereocenters. The monoisotopic (exact) mass is 486 g/mol. The molecule has 7 heteroatoms. The Morgan fingerprint density at radius 1 is 1.03 bits per heavy atom. The average molecular weight is 487 g/mol. The molecule has 1 aliphatic heterocycles. The number of aryl methyl sites for hydroxylation is 1. The van der Waals surface area contributed by atoms with Gasteiger partial charge in [-0.15, -0.1) is 0 Å². The van der Waals surface area contributed by atoms with E-state index in [1.807, 2.05) is 60.9 Å². The molecule has 0 unspecified atom stereocenters. The number of methoxy groups -OCH3 is 1. The summed E-state index contributed by atoms with van der Waals surface area (Å²) in [5.41, 5.74) is 5.59. The molecule has 35 heavy (non-hydrogen) atoms. The summed E-state index contributed by atoms with van der Waals surface area (Å²) in [4.78, 5) is 6.83. The lowest BCUT2D eigenvalue weighted by molar-refractivity contribution is 0.310. The van der Waals surface area contributed by atoms with E-state index in [1.165, 1.54) is 6.07 Å². The number of rotatable bonds is 6. The van der Waals surface area contributed by atoms with Gasteiger partial charge in [0.1, 0.15) is 11.6 Å². The van der Waals surface area contributed by atoms with Crippen LogP contribution in [-0.2, 0) is 6.54 Å². The minimum Gasteiger partial charge on any atom is -0.497 e. The molecule has 0 bridgehead atoms. The second-order valence-corrected chi connectivity index (χ2v) is 9.10. The molecule has 2 aromatic heterocycles. The van der Waals surface area contributed by atoms with Gasteiger partial charge in [0, 0.05) is 24.1 Å². The van der Waals surface area contributed by atoms with E-state index in [2.05, 4.69) is 33.4 Å².